The monoisotopic (exact) mass is 257 g/mol. The number of hydrogen-bond donors (Lipinski definition) is 2. The first kappa shape index (κ1) is 13.5. The fourth-order valence-electron chi connectivity index (χ4n) is 1.94. The number of hydrogen-bond acceptors (Lipinski definition) is 3. The molecule has 2 aromatic rings. The van der Waals surface area contributed by atoms with Gasteiger partial charge in [-0.05, 0) is 30.7 Å². The third-order valence-electron chi connectivity index (χ3n) is 3.08. The summed E-state index contributed by atoms with van der Waals surface area (Å²) in [5.74, 6) is -0.128. The van der Waals surface area contributed by atoms with Crippen LogP contribution in [0, 0.1) is 0 Å². The second kappa shape index (κ2) is 6.29. The van der Waals surface area contributed by atoms with Crippen molar-refractivity contribution in [3.05, 3.63) is 36.5 Å². The summed E-state index contributed by atoms with van der Waals surface area (Å²) in [6, 6.07) is 9.05. The highest BCUT2D eigenvalue weighted by molar-refractivity contribution is 5.96. The third-order valence-corrected chi connectivity index (χ3v) is 3.08. The van der Waals surface area contributed by atoms with E-state index >= 15 is 0 Å². The van der Waals surface area contributed by atoms with Gasteiger partial charge in [0.2, 0.25) is 5.91 Å². The summed E-state index contributed by atoms with van der Waals surface area (Å²) in [4.78, 5) is 16.1. The molecule has 19 heavy (non-hydrogen) atoms. The maximum absolute atomic E-state index is 11.9. The van der Waals surface area contributed by atoms with E-state index in [9.17, 15) is 4.79 Å². The van der Waals surface area contributed by atoms with Crippen molar-refractivity contribution in [2.24, 2.45) is 5.73 Å². The number of nitrogens with two attached hydrogens (primary N) is 1. The van der Waals surface area contributed by atoms with Crippen molar-refractivity contribution in [3.8, 4) is 0 Å². The van der Waals surface area contributed by atoms with E-state index < -0.39 is 6.04 Å². The van der Waals surface area contributed by atoms with Gasteiger partial charge in [0.05, 0.1) is 11.6 Å². The molecular formula is C15H19N3O. The van der Waals surface area contributed by atoms with Crippen LogP contribution in [-0.4, -0.2) is 16.9 Å². The number of carbonyl (C=O) groups excluding carboxylic acids is 1. The van der Waals surface area contributed by atoms with Gasteiger partial charge in [-0.3, -0.25) is 9.78 Å². The molecule has 0 saturated heterocycles. The summed E-state index contributed by atoms with van der Waals surface area (Å²) in [5, 5.41) is 3.85. The Morgan fingerprint density at radius 1 is 1.42 bits per heavy atom. The Bertz CT molecular complexity index is 568. The number of rotatable bonds is 5. The molecule has 0 radical (unpaired) electrons. The minimum atomic E-state index is -0.440. The molecule has 2 rings (SSSR count). The molecule has 0 bridgehead atoms. The molecule has 100 valence electrons. The van der Waals surface area contributed by atoms with Crippen molar-refractivity contribution in [1.29, 1.82) is 0 Å². The molecule has 0 aliphatic carbocycles. The van der Waals surface area contributed by atoms with Gasteiger partial charge in [-0.15, -0.1) is 0 Å². The first-order valence-electron chi connectivity index (χ1n) is 6.62. The van der Waals surface area contributed by atoms with E-state index in [0.29, 0.717) is 0 Å². The van der Waals surface area contributed by atoms with Crippen LogP contribution in [-0.2, 0) is 4.79 Å². The lowest BCUT2D eigenvalue weighted by atomic mass is 10.1. The first-order valence-corrected chi connectivity index (χ1v) is 6.62. The van der Waals surface area contributed by atoms with Crippen molar-refractivity contribution in [2.45, 2.75) is 32.2 Å². The molecule has 4 nitrogen and oxygen atoms in total. The van der Waals surface area contributed by atoms with Gasteiger partial charge in [0.1, 0.15) is 0 Å². The zero-order valence-electron chi connectivity index (χ0n) is 11.1. The highest BCUT2D eigenvalue weighted by Crippen LogP contribution is 2.17. The fraction of sp³-hybridized carbons (Fsp3) is 0.333. The first-order chi connectivity index (χ1) is 9.20. The summed E-state index contributed by atoms with van der Waals surface area (Å²) >= 11 is 0. The smallest absolute Gasteiger partial charge is 0.241 e. The number of nitrogens with one attached hydrogen (secondary N) is 1. The minimum absolute atomic E-state index is 0.128. The molecule has 0 unspecified atom stereocenters. The Kier molecular flexibility index (Phi) is 4.47. The summed E-state index contributed by atoms with van der Waals surface area (Å²) in [6.45, 7) is 2.08. The van der Waals surface area contributed by atoms with Gasteiger partial charge in [0.15, 0.2) is 0 Å². The van der Waals surface area contributed by atoms with Crippen LogP contribution in [0.15, 0.2) is 36.5 Å². The SMILES string of the molecule is CCCC[C@H](N)C(=O)Nc1ccc2ncccc2c1. The summed E-state index contributed by atoms with van der Waals surface area (Å²) in [5.41, 5.74) is 7.51. The zero-order chi connectivity index (χ0) is 13.7. The van der Waals surface area contributed by atoms with Crippen molar-refractivity contribution in [3.63, 3.8) is 0 Å². The van der Waals surface area contributed by atoms with Crippen molar-refractivity contribution < 1.29 is 4.79 Å². The van der Waals surface area contributed by atoms with Gasteiger partial charge >= 0.3 is 0 Å². The molecule has 1 heterocycles. The number of aromatic nitrogens is 1. The van der Waals surface area contributed by atoms with Crippen LogP contribution in [0.2, 0.25) is 0 Å². The van der Waals surface area contributed by atoms with E-state index in [1.54, 1.807) is 6.20 Å². The van der Waals surface area contributed by atoms with Crippen LogP contribution < -0.4 is 11.1 Å². The fourth-order valence-corrected chi connectivity index (χ4v) is 1.94. The second-order valence-electron chi connectivity index (χ2n) is 4.65. The second-order valence-corrected chi connectivity index (χ2v) is 4.65. The molecule has 1 amide bonds. The molecule has 0 aliphatic rings. The lowest BCUT2D eigenvalue weighted by molar-refractivity contribution is -0.117. The van der Waals surface area contributed by atoms with E-state index in [-0.39, 0.29) is 5.91 Å². The minimum Gasteiger partial charge on any atom is -0.325 e. The Balaban J connectivity index is 2.06. The topological polar surface area (TPSA) is 68.0 Å². The number of pyridine rings is 1. The number of fused-ring (bicyclic) bond motifs is 1. The van der Waals surface area contributed by atoms with Crippen molar-refractivity contribution in [2.75, 3.05) is 5.32 Å². The Labute approximate surface area is 113 Å². The van der Waals surface area contributed by atoms with Gasteiger partial charge in [-0.1, -0.05) is 25.8 Å². The Morgan fingerprint density at radius 2 is 2.26 bits per heavy atom. The van der Waals surface area contributed by atoms with Gasteiger partial charge in [0, 0.05) is 17.3 Å². The van der Waals surface area contributed by atoms with E-state index in [0.717, 1.165) is 35.9 Å². The quantitative estimate of drug-likeness (QED) is 0.865. The number of anilines is 1. The maximum Gasteiger partial charge on any atom is 0.241 e. The highest BCUT2D eigenvalue weighted by Gasteiger charge is 2.12. The standard InChI is InChI=1S/C15H19N3O/c1-2-3-6-13(16)15(19)18-12-7-8-14-11(10-12)5-4-9-17-14/h4-5,7-10,13H,2-3,6,16H2,1H3,(H,18,19)/t13-/m0/s1. The molecule has 0 fully saturated rings. The molecule has 4 heteroatoms. The number of carbonyl (C=O) groups is 1. The lowest BCUT2D eigenvalue weighted by Crippen LogP contribution is -2.35. The third kappa shape index (κ3) is 3.51. The molecular weight excluding hydrogens is 238 g/mol. The number of benzene rings is 1. The molecule has 1 aromatic heterocycles. The zero-order valence-corrected chi connectivity index (χ0v) is 11.1. The Morgan fingerprint density at radius 3 is 3.05 bits per heavy atom. The maximum atomic E-state index is 11.9. The van der Waals surface area contributed by atoms with Crippen LogP contribution in [0.5, 0.6) is 0 Å². The van der Waals surface area contributed by atoms with Gasteiger partial charge < -0.3 is 11.1 Å². The van der Waals surface area contributed by atoms with Crippen molar-refractivity contribution >= 4 is 22.5 Å². The largest absolute Gasteiger partial charge is 0.325 e. The van der Waals surface area contributed by atoms with Gasteiger partial charge in [-0.25, -0.2) is 0 Å². The average Bonchev–Trinajstić information content (AvgIpc) is 2.44. The van der Waals surface area contributed by atoms with Crippen LogP contribution in [0.4, 0.5) is 5.69 Å². The number of amides is 1. The summed E-state index contributed by atoms with van der Waals surface area (Å²) in [6.07, 6.45) is 4.48. The molecule has 0 spiro atoms. The predicted octanol–water partition coefficient (Wildman–Crippen LogP) is 2.69. The molecule has 0 aliphatic heterocycles. The molecule has 1 aromatic carbocycles. The van der Waals surface area contributed by atoms with E-state index in [2.05, 4.69) is 17.2 Å². The molecule has 0 saturated carbocycles. The van der Waals surface area contributed by atoms with Gasteiger partial charge in [0.25, 0.3) is 0 Å². The van der Waals surface area contributed by atoms with E-state index in [1.165, 1.54) is 0 Å². The predicted molar refractivity (Wildman–Crippen MR) is 77.9 cm³/mol. The van der Waals surface area contributed by atoms with E-state index in [4.69, 9.17) is 5.73 Å². The van der Waals surface area contributed by atoms with Crippen LogP contribution >= 0.6 is 0 Å². The van der Waals surface area contributed by atoms with Crippen LogP contribution in [0.3, 0.4) is 0 Å². The lowest BCUT2D eigenvalue weighted by Gasteiger charge is -2.12. The molecule has 3 N–H and O–H groups in total. The molecule has 1 atom stereocenters. The number of unbranched alkanes of at least 4 members (excludes halogenated alkanes) is 1. The summed E-state index contributed by atoms with van der Waals surface area (Å²) in [7, 11) is 0. The normalized spacial score (nSPS) is 12.3. The van der Waals surface area contributed by atoms with Crippen LogP contribution in [0.25, 0.3) is 10.9 Å². The van der Waals surface area contributed by atoms with E-state index in [1.807, 2.05) is 30.3 Å². The van der Waals surface area contributed by atoms with Crippen LogP contribution in [0.1, 0.15) is 26.2 Å². The number of nitrogens with zero attached hydrogens (tertiary/aromatic N) is 1. The summed E-state index contributed by atoms with van der Waals surface area (Å²) < 4.78 is 0. The highest BCUT2D eigenvalue weighted by atomic mass is 16.2. The van der Waals surface area contributed by atoms with Crippen molar-refractivity contribution in [1.82, 2.24) is 4.98 Å². The average molecular weight is 257 g/mol. The Hall–Kier alpha value is -1.94. The van der Waals surface area contributed by atoms with Gasteiger partial charge in [-0.2, -0.15) is 0 Å².